The fourth-order valence-corrected chi connectivity index (χ4v) is 2.96. The maximum absolute atomic E-state index is 13.1. The van der Waals surface area contributed by atoms with Crippen molar-refractivity contribution in [2.24, 2.45) is 0 Å². The first kappa shape index (κ1) is 15.9. The zero-order valence-corrected chi connectivity index (χ0v) is 12.7. The Bertz CT molecular complexity index is 609. The Balaban J connectivity index is 2.03. The van der Waals surface area contributed by atoms with Gasteiger partial charge in [-0.2, -0.15) is 11.8 Å². The molecule has 0 bridgehead atoms. The van der Waals surface area contributed by atoms with Gasteiger partial charge in [0.25, 0.3) is 0 Å². The van der Waals surface area contributed by atoms with Gasteiger partial charge in [-0.1, -0.05) is 0 Å². The fourth-order valence-electron chi connectivity index (χ4n) is 2.31. The van der Waals surface area contributed by atoms with Crippen LogP contribution in [0.4, 0.5) is 4.39 Å². The minimum Gasteiger partial charge on any atom is -0.396 e. The maximum Gasteiger partial charge on any atom is 0.224 e. The maximum atomic E-state index is 13.1. The molecule has 4 nitrogen and oxygen atoms in total. The summed E-state index contributed by atoms with van der Waals surface area (Å²) < 4.78 is 13.1. The summed E-state index contributed by atoms with van der Waals surface area (Å²) in [7, 11) is 0. The molecule has 21 heavy (non-hydrogen) atoms. The van der Waals surface area contributed by atoms with E-state index in [1.807, 2.05) is 6.26 Å². The highest BCUT2D eigenvalue weighted by Gasteiger charge is 2.14. The van der Waals surface area contributed by atoms with Crippen LogP contribution in [0.3, 0.4) is 0 Å². The van der Waals surface area contributed by atoms with Gasteiger partial charge in [0, 0.05) is 35.5 Å². The molecular weight excluding hydrogens is 291 g/mol. The predicted octanol–water partition coefficient (Wildman–Crippen LogP) is 2.08. The number of aromatic nitrogens is 1. The molecule has 3 N–H and O–H groups in total. The van der Waals surface area contributed by atoms with Crippen molar-refractivity contribution in [3.63, 3.8) is 0 Å². The van der Waals surface area contributed by atoms with E-state index in [9.17, 15) is 9.18 Å². The molecule has 1 aromatic carbocycles. The summed E-state index contributed by atoms with van der Waals surface area (Å²) in [6.45, 7) is 0.0534. The molecule has 0 saturated heterocycles. The van der Waals surface area contributed by atoms with Crippen molar-refractivity contribution in [3.8, 4) is 0 Å². The number of thioether (sulfide) groups is 1. The second-order valence-corrected chi connectivity index (χ2v) is 5.82. The summed E-state index contributed by atoms with van der Waals surface area (Å²) >= 11 is 1.63. The monoisotopic (exact) mass is 310 g/mol. The molecule has 0 radical (unpaired) electrons. The smallest absolute Gasteiger partial charge is 0.224 e. The number of fused-ring (bicyclic) bond motifs is 1. The van der Waals surface area contributed by atoms with Gasteiger partial charge in [-0.05, 0) is 36.4 Å². The summed E-state index contributed by atoms with van der Waals surface area (Å²) in [6.07, 6.45) is 4.48. The van der Waals surface area contributed by atoms with E-state index in [1.54, 1.807) is 24.0 Å². The quantitative estimate of drug-likeness (QED) is 0.733. The second-order valence-electron chi connectivity index (χ2n) is 4.91. The lowest BCUT2D eigenvalue weighted by molar-refractivity contribution is -0.121. The van der Waals surface area contributed by atoms with E-state index in [0.29, 0.717) is 11.9 Å². The second kappa shape index (κ2) is 7.47. The number of amides is 1. The van der Waals surface area contributed by atoms with Gasteiger partial charge in [-0.25, -0.2) is 4.39 Å². The van der Waals surface area contributed by atoms with E-state index in [4.69, 9.17) is 5.11 Å². The van der Waals surface area contributed by atoms with Crippen LogP contribution in [0.1, 0.15) is 12.0 Å². The van der Waals surface area contributed by atoms with Gasteiger partial charge in [0.05, 0.1) is 6.42 Å². The minimum atomic E-state index is -0.302. The highest BCUT2D eigenvalue weighted by Crippen LogP contribution is 2.19. The van der Waals surface area contributed by atoms with Gasteiger partial charge in [-0.3, -0.25) is 4.79 Å². The molecule has 1 unspecified atom stereocenters. The average molecular weight is 310 g/mol. The molecular formula is C15H19FN2O2S. The average Bonchev–Trinajstić information content (AvgIpc) is 2.81. The first-order chi connectivity index (χ1) is 10.1. The van der Waals surface area contributed by atoms with Crippen LogP contribution in [0.2, 0.25) is 0 Å². The number of carbonyl (C=O) groups excluding carboxylic acids is 1. The lowest BCUT2D eigenvalue weighted by Gasteiger charge is -2.16. The molecule has 1 heterocycles. The van der Waals surface area contributed by atoms with Crippen molar-refractivity contribution in [2.45, 2.75) is 18.9 Å². The zero-order valence-electron chi connectivity index (χ0n) is 11.9. The van der Waals surface area contributed by atoms with Crippen LogP contribution in [0.15, 0.2) is 24.4 Å². The minimum absolute atomic E-state index is 0.0276. The van der Waals surface area contributed by atoms with Crippen molar-refractivity contribution in [2.75, 3.05) is 18.6 Å². The predicted molar refractivity (Wildman–Crippen MR) is 84.0 cm³/mol. The third-order valence-electron chi connectivity index (χ3n) is 3.29. The summed E-state index contributed by atoms with van der Waals surface area (Å²) in [5, 5.41) is 12.8. The number of rotatable bonds is 7. The Labute approximate surface area is 127 Å². The lowest BCUT2D eigenvalue weighted by atomic mass is 10.1. The molecule has 2 aromatic rings. The van der Waals surface area contributed by atoms with Crippen LogP contribution in [0.25, 0.3) is 10.9 Å². The van der Waals surface area contributed by atoms with Gasteiger partial charge in [-0.15, -0.1) is 0 Å². The Morgan fingerprint density at radius 1 is 1.52 bits per heavy atom. The first-order valence-corrected chi connectivity index (χ1v) is 8.18. The van der Waals surface area contributed by atoms with Crippen LogP contribution in [0.5, 0.6) is 0 Å². The highest BCUT2D eigenvalue weighted by atomic mass is 32.2. The Kier molecular flexibility index (Phi) is 5.64. The van der Waals surface area contributed by atoms with E-state index < -0.39 is 0 Å². The molecule has 1 atom stereocenters. The molecule has 114 valence electrons. The van der Waals surface area contributed by atoms with Crippen molar-refractivity contribution in [1.29, 1.82) is 0 Å². The number of aromatic amines is 1. The number of hydrogen-bond acceptors (Lipinski definition) is 3. The van der Waals surface area contributed by atoms with Gasteiger partial charge in [0.1, 0.15) is 5.82 Å². The number of halogens is 1. The normalized spacial score (nSPS) is 12.5. The summed E-state index contributed by atoms with van der Waals surface area (Å²) in [5.74, 6) is 0.377. The molecule has 6 heteroatoms. The molecule has 0 spiro atoms. The topological polar surface area (TPSA) is 65.1 Å². The van der Waals surface area contributed by atoms with Crippen molar-refractivity contribution < 1.29 is 14.3 Å². The Hall–Kier alpha value is -1.53. The number of H-pyrrole nitrogens is 1. The largest absolute Gasteiger partial charge is 0.396 e. The molecule has 0 aliphatic rings. The molecule has 1 amide bonds. The molecule has 0 aliphatic carbocycles. The Morgan fingerprint density at radius 2 is 2.33 bits per heavy atom. The fraction of sp³-hybridized carbons (Fsp3) is 0.400. The number of hydrogen-bond donors (Lipinski definition) is 3. The van der Waals surface area contributed by atoms with Crippen LogP contribution in [0, 0.1) is 5.82 Å². The molecule has 2 rings (SSSR count). The van der Waals surface area contributed by atoms with Gasteiger partial charge >= 0.3 is 0 Å². The Morgan fingerprint density at radius 3 is 3.05 bits per heavy atom. The molecule has 0 saturated carbocycles. The number of nitrogens with one attached hydrogen (secondary N) is 2. The molecule has 0 fully saturated rings. The van der Waals surface area contributed by atoms with Crippen LogP contribution in [-0.4, -0.2) is 40.7 Å². The number of benzene rings is 1. The van der Waals surface area contributed by atoms with Crippen LogP contribution in [-0.2, 0) is 11.2 Å². The van der Waals surface area contributed by atoms with E-state index in [0.717, 1.165) is 16.7 Å². The summed E-state index contributed by atoms with van der Waals surface area (Å²) in [5.41, 5.74) is 1.53. The summed E-state index contributed by atoms with van der Waals surface area (Å²) in [4.78, 5) is 15.1. The van der Waals surface area contributed by atoms with E-state index >= 15 is 0 Å². The highest BCUT2D eigenvalue weighted by molar-refractivity contribution is 7.98. The third kappa shape index (κ3) is 4.22. The number of aliphatic hydroxyl groups excluding tert-OH is 1. The van der Waals surface area contributed by atoms with Gasteiger partial charge in [0.2, 0.25) is 5.91 Å². The standard InChI is InChI=1S/C15H19FN2O2S/c1-21-9-12(4-5-19)18-15(20)6-10-8-17-14-7-11(16)2-3-13(10)14/h2-3,7-8,12,17,19H,4-6,9H2,1H3,(H,18,20). The van der Waals surface area contributed by atoms with Crippen LogP contribution >= 0.6 is 11.8 Å². The van der Waals surface area contributed by atoms with Gasteiger partial charge in [0.15, 0.2) is 0 Å². The zero-order chi connectivity index (χ0) is 15.2. The van der Waals surface area contributed by atoms with Crippen molar-refractivity contribution in [1.82, 2.24) is 10.3 Å². The number of carbonyl (C=O) groups is 1. The number of aliphatic hydroxyl groups is 1. The SMILES string of the molecule is CSCC(CCO)NC(=O)Cc1c[nH]c2cc(F)ccc12. The third-order valence-corrected chi connectivity index (χ3v) is 4.03. The lowest BCUT2D eigenvalue weighted by Crippen LogP contribution is -2.38. The van der Waals surface area contributed by atoms with Crippen molar-refractivity contribution in [3.05, 3.63) is 35.8 Å². The van der Waals surface area contributed by atoms with Crippen molar-refractivity contribution >= 4 is 28.6 Å². The molecule has 1 aromatic heterocycles. The van der Waals surface area contributed by atoms with E-state index in [1.165, 1.54) is 12.1 Å². The molecule has 0 aliphatic heterocycles. The first-order valence-electron chi connectivity index (χ1n) is 6.78. The van der Waals surface area contributed by atoms with E-state index in [2.05, 4.69) is 10.3 Å². The van der Waals surface area contributed by atoms with Gasteiger partial charge < -0.3 is 15.4 Å². The summed E-state index contributed by atoms with van der Waals surface area (Å²) in [6, 6.07) is 4.45. The van der Waals surface area contributed by atoms with E-state index in [-0.39, 0.29) is 30.8 Å². The van der Waals surface area contributed by atoms with Crippen LogP contribution < -0.4 is 5.32 Å².